The molecule has 1 aromatic carbocycles. The van der Waals surface area contributed by atoms with Crippen LogP contribution in [0.5, 0.6) is 11.9 Å². The Morgan fingerprint density at radius 3 is 2.60 bits per heavy atom. The Kier molecular flexibility index (Phi) is 7.08. The number of nitrogens with zero attached hydrogens (tertiary/aromatic N) is 4. The molecule has 1 aliphatic rings. The van der Waals surface area contributed by atoms with E-state index in [0.717, 1.165) is 10.6 Å². The summed E-state index contributed by atoms with van der Waals surface area (Å²) in [6.07, 6.45) is 0.666. The van der Waals surface area contributed by atoms with Gasteiger partial charge in [0.2, 0.25) is 5.88 Å². The Morgan fingerprint density at radius 1 is 1.11 bits per heavy atom. The van der Waals surface area contributed by atoms with E-state index in [2.05, 4.69) is 30.5 Å². The lowest BCUT2D eigenvalue weighted by Crippen LogP contribution is -2.30. The van der Waals surface area contributed by atoms with Gasteiger partial charge < -0.3 is 19.7 Å². The van der Waals surface area contributed by atoms with Crippen LogP contribution in [0.4, 0.5) is 21.4 Å². The minimum Gasteiger partial charge on any atom is -0.481 e. The lowest BCUT2D eigenvalue weighted by atomic mass is 10.2. The number of sulfone groups is 1. The zero-order chi connectivity index (χ0) is 25.2. The number of benzene rings is 1. The molecule has 0 saturated carbocycles. The number of para-hydroxylation sites is 1. The molecule has 0 atom stereocenters. The fourth-order valence-electron chi connectivity index (χ4n) is 3.52. The van der Waals surface area contributed by atoms with Crippen LogP contribution >= 0.6 is 11.3 Å². The molecule has 0 unspecified atom stereocenters. The zero-order valence-corrected chi connectivity index (χ0v) is 21.4. The number of aromatic nitrogens is 3. The molecule has 3 aromatic rings. The molecule has 35 heavy (non-hydrogen) atoms. The van der Waals surface area contributed by atoms with Gasteiger partial charge in [0.25, 0.3) is 0 Å². The number of hydrogen-bond acceptors (Lipinski definition) is 10. The van der Waals surface area contributed by atoms with Crippen molar-refractivity contribution in [2.24, 2.45) is 0 Å². The van der Waals surface area contributed by atoms with E-state index in [0.29, 0.717) is 36.3 Å². The number of carbonyl (C=O) groups excluding carboxylic acids is 1. The molecule has 186 valence electrons. The molecule has 0 aliphatic carbocycles. The van der Waals surface area contributed by atoms with Crippen molar-refractivity contribution in [3.05, 3.63) is 40.9 Å². The first kappa shape index (κ1) is 24.7. The number of fused-ring (bicyclic) bond motifs is 1. The SMILES string of the molecule is COc1cc(N2CCc3nc(NC(=O)Nc4ccccc4S(=O)(=O)C(C)C)sc3C2)nc(OC)n1. The third-order valence-corrected chi connectivity index (χ3v) is 8.61. The van der Waals surface area contributed by atoms with Crippen LogP contribution in [-0.4, -0.2) is 55.4 Å². The van der Waals surface area contributed by atoms with Gasteiger partial charge in [-0.05, 0) is 26.0 Å². The van der Waals surface area contributed by atoms with Gasteiger partial charge in [-0.15, -0.1) is 0 Å². The van der Waals surface area contributed by atoms with E-state index in [9.17, 15) is 13.2 Å². The second-order valence-electron chi connectivity index (χ2n) is 7.98. The maximum atomic E-state index is 12.7. The first-order valence-corrected chi connectivity index (χ1v) is 13.2. The molecule has 0 saturated heterocycles. The van der Waals surface area contributed by atoms with Gasteiger partial charge in [0.15, 0.2) is 15.0 Å². The van der Waals surface area contributed by atoms with Crippen LogP contribution < -0.4 is 25.0 Å². The molecule has 0 radical (unpaired) electrons. The highest BCUT2D eigenvalue weighted by atomic mass is 32.2. The van der Waals surface area contributed by atoms with Gasteiger partial charge in [0.1, 0.15) is 5.82 Å². The molecule has 0 bridgehead atoms. The number of rotatable bonds is 7. The Labute approximate surface area is 207 Å². The van der Waals surface area contributed by atoms with Crippen LogP contribution in [0, 0.1) is 0 Å². The average Bonchev–Trinajstić information content (AvgIpc) is 3.24. The predicted octanol–water partition coefficient (Wildman–Crippen LogP) is 3.34. The smallest absolute Gasteiger partial charge is 0.325 e. The van der Waals surface area contributed by atoms with Gasteiger partial charge in [0.05, 0.1) is 42.3 Å². The Bertz CT molecular complexity index is 1320. The lowest BCUT2D eigenvalue weighted by molar-refractivity contribution is 0.262. The molecule has 2 amide bonds. The topological polar surface area (TPSA) is 136 Å². The van der Waals surface area contributed by atoms with Crippen molar-refractivity contribution in [1.82, 2.24) is 15.0 Å². The molecule has 2 aromatic heterocycles. The second-order valence-corrected chi connectivity index (χ2v) is 11.5. The molecular formula is C22H26N6O5S2. The maximum Gasteiger partial charge on any atom is 0.325 e. The predicted molar refractivity (Wildman–Crippen MR) is 133 cm³/mol. The Balaban J connectivity index is 1.48. The fourth-order valence-corrected chi connectivity index (χ4v) is 5.74. The first-order valence-electron chi connectivity index (χ1n) is 10.8. The molecule has 11 nitrogen and oxygen atoms in total. The van der Waals surface area contributed by atoms with E-state index in [1.807, 2.05) is 0 Å². The summed E-state index contributed by atoms with van der Waals surface area (Å²) in [5.41, 5.74) is 1.12. The van der Waals surface area contributed by atoms with Crippen molar-refractivity contribution in [3.63, 3.8) is 0 Å². The second kappa shape index (κ2) is 10.0. The molecule has 3 heterocycles. The van der Waals surface area contributed by atoms with Crippen LogP contribution in [0.3, 0.4) is 0 Å². The number of hydrogen-bond donors (Lipinski definition) is 2. The largest absolute Gasteiger partial charge is 0.481 e. The van der Waals surface area contributed by atoms with Gasteiger partial charge in [-0.3, -0.25) is 5.32 Å². The Hall–Kier alpha value is -3.45. The van der Waals surface area contributed by atoms with Gasteiger partial charge in [0, 0.05) is 23.9 Å². The third kappa shape index (κ3) is 5.30. The Morgan fingerprint density at radius 2 is 1.89 bits per heavy atom. The van der Waals surface area contributed by atoms with Gasteiger partial charge in [-0.2, -0.15) is 9.97 Å². The van der Waals surface area contributed by atoms with E-state index in [-0.39, 0.29) is 16.6 Å². The summed E-state index contributed by atoms with van der Waals surface area (Å²) in [5.74, 6) is 1.07. The van der Waals surface area contributed by atoms with Crippen molar-refractivity contribution < 1.29 is 22.7 Å². The molecule has 0 spiro atoms. The number of amides is 2. The quantitative estimate of drug-likeness (QED) is 0.483. The number of carbonyl (C=O) groups is 1. The van der Waals surface area contributed by atoms with Crippen LogP contribution in [0.25, 0.3) is 0 Å². The summed E-state index contributed by atoms with van der Waals surface area (Å²) >= 11 is 1.36. The summed E-state index contributed by atoms with van der Waals surface area (Å²) < 4.78 is 35.7. The number of anilines is 3. The van der Waals surface area contributed by atoms with Crippen LogP contribution in [0.2, 0.25) is 0 Å². The minimum atomic E-state index is -3.56. The fraction of sp³-hybridized carbons (Fsp3) is 0.364. The third-order valence-electron chi connectivity index (χ3n) is 5.40. The van der Waals surface area contributed by atoms with Crippen molar-refractivity contribution in [2.45, 2.75) is 37.0 Å². The molecular weight excluding hydrogens is 492 g/mol. The van der Waals surface area contributed by atoms with E-state index in [4.69, 9.17) is 9.47 Å². The van der Waals surface area contributed by atoms with Crippen molar-refractivity contribution in [3.8, 4) is 11.9 Å². The molecule has 0 fully saturated rings. The summed E-state index contributed by atoms with van der Waals surface area (Å²) in [6, 6.07) is 7.73. The first-order chi connectivity index (χ1) is 16.7. The summed E-state index contributed by atoms with van der Waals surface area (Å²) in [6.45, 7) is 4.42. The van der Waals surface area contributed by atoms with Gasteiger partial charge in [-0.25, -0.2) is 18.2 Å². The van der Waals surface area contributed by atoms with Crippen LogP contribution in [0.1, 0.15) is 24.4 Å². The lowest BCUT2D eigenvalue weighted by Gasteiger charge is -2.27. The highest BCUT2D eigenvalue weighted by Crippen LogP contribution is 2.32. The van der Waals surface area contributed by atoms with E-state index in [1.165, 1.54) is 31.6 Å². The summed E-state index contributed by atoms with van der Waals surface area (Å²) in [4.78, 5) is 28.9. The standard InChI is InChI=1S/C22H26N6O5S2/c1-13(2)35(30,31)17-8-6-5-7-15(17)23-20(29)27-22-24-14-9-10-28(12-16(14)34-22)18-11-19(32-3)26-21(25-18)33-4/h5-8,11,13H,9-10,12H2,1-4H3,(H2,23,24,27,29). The summed E-state index contributed by atoms with van der Waals surface area (Å²) in [7, 11) is -0.534. The van der Waals surface area contributed by atoms with E-state index < -0.39 is 21.1 Å². The van der Waals surface area contributed by atoms with Crippen molar-refractivity contribution in [2.75, 3.05) is 36.3 Å². The number of urea groups is 1. The van der Waals surface area contributed by atoms with Gasteiger partial charge in [-0.1, -0.05) is 23.5 Å². The van der Waals surface area contributed by atoms with E-state index in [1.54, 1.807) is 38.1 Å². The van der Waals surface area contributed by atoms with Crippen LogP contribution in [0.15, 0.2) is 35.2 Å². The number of thiazole rings is 1. The highest BCUT2D eigenvalue weighted by molar-refractivity contribution is 7.92. The minimum absolute atomic E-state index is 0.0786. The zero-order valence-electron chi connectivity index (χ0n) is 19.7. The van der Waals surface area contributed by atoms with E-state index >= 15 is 0 Å². The number of ether oxygens (including phenoxy) is 2. The maximum absolute atomic E-state index is 12.7. The number of nitrogens with one attached hydrogen (secondary N) is 2. The molecule has 13 heteroatoms. The normalized spacial score (nSPS) is 13.3. The van der Waals surface area contributed by atoms with Gasteiger partial charge >= 0.3 is 12.0 Å². The van der Waals surface area contributed by atoms with Crippen molar-refractivity contribution >= 4 is 43.8 Å². The molecule has 1 aliphatic heterocycles. The molecule has 4 rings (SSSR count). The van der Waals surface area contributed by atoms with Crippen molar-refractivity contribution in [1.29, 1.82) is 0 Å². The molecule has 2 N–H and O–H groups in total. The monoisotopic (exact) mass is 518 g/mol. The average molecular weight is 519 g/mol. The highest BCUT2D eigenvalue weighted by Gasteiger charge is 2.25. The number of methoxy groups -OCH3 is 2. The summed E-state index contributed by atoms with van der Waals surface area (Å²) in [5, 5.41) is 5.18. The van der Waals surface area contributed by atoms with Crippen LogP contribution in [-0.2, 0) is 22.8 Å².